The molecule has 1 fully saturated rings. The lowest BCUT2D eigenvalue weighted by Crippen LogP contribution is -2.59. The third kappa shape index (κ3) is 17.4. The Kier molecular flexibility index (Phi) is 24.2. The van der Waals surface area contributed by atoms with Crippen molar-refractivity contribution in [3.63, 3.8) is 0 Å². The van der Waals surface area contributed by atoms with Crippen LogP contribution < -0.4 is 15.8 Å². The number of carbonyl (C=O) groups excluding carboxylic acids is 1. The molecule has 2 unspecified atom stereocenters. The third-order valence-electron chi connectivity index (χ3n) is 14.5. The fraction of sp³-hybridized carbons (Fsp3) is 0.769. The van der Waals surface area contributed by atoms with E-state index in [4.69, 9.17) is 28.0 Å². The van der Waals surface area contributed by atoms with Crippen molar-refractivity contribution in [1.82, 2.24) is 14.9 Å². The van der Waals surface area contributed by atoms with E-state index in [2.05, 4.69) is 29.2 Å². The Balaban J connectivity index is 1.73. The Bertz CT molecular complexity index is 2270. The number of hydrogen-bond acceptors (Lipinski definition) is 18. The second-order valence-corrected chi connectivity index (χ2v) is 22.8. The molecule has 1 aromatic heterocycles. The van der Waals surface area contributed by atoms with Crippen molar-refractivity contribution >= 4 is 39.2 Å². The van der Waals surface area contributed by atoms with Crippen molar-refractivity contribution in [2.45, 2.75) is 169 Å². The van der Waals surface area contributed by atoms with Crippen molar-refractivity contribution in [2.24, 2.45) is 28.3 Å². The number of fused-ring (bicyclic) bond motifs is 1. The van der Waals surface area contributed by atoms with Gasteiger partial charge in [0.15, 0.2) is 6.29 Å². The van der Waals surface area contributed by atoms with Gasteiger partial charge in [0.2, 0.25) is 5.43 Å². The lowest BCUT2D eigenvalue weighted by atomic mass is 9.72. The van der Waals surface area contributed by atoms with Crippen molar-refractivity contribution in [1.29, 1.82) is 0 Å². The van der Waals surface area contributed by atoms with E-state index in [-0.39, 0.29) is 42.0 Å². The number of methoxy groups -OCH3 is 1. The van der Waals surface area contributed by atoms with Crippen LogP contribution in [0, 0.1) is 23.2 Å². The zero-order valence-electron chi connectivity index (χ0n) is 46.1. The second-order valence-electron chi connectivity index (χ2n) is 21.1. The molecular formula is C52H89N5O15S. The van der Waals surface area contributed by atoms with Crippen LogP contribution in [0.2, 0.25) is 0 Å². The number of nitrogens with one attached hydrogen (secondary N) is 1. The lowest BCUT2D eigenvalue weighted by molar-refractivity contribution is -0.294. The fourth-order valence-corrected chi connectivity index (χ4v) is 10.8. The first-order chi connectivity index (χ1) is 34.0. The molecule has 1 aliphatic rings. The van der Waals surface area contributed by atoms with E-state index >= 15 is 0 Å². The Morgan fingerprint density at radius 3 is 2.32 bits per heavy atom. The SMILES string of the molecule is CC[C@@H](OC(=O)C(C)[C@@H](O[C@H]1C[C@@](C)(OC)[C@@H](OS(=O)(=O)CCNCCCc2ccc3c(c2)c(=O)c(C(=O)O)cn3N(C)C)C(C)O1)[C@H](C)[C@@H](O)C(C)(C)C[C@@H](C)/C=N\OCCN(CC)CC)[C@@](C)(O)[C@@H](C)O. The molecular weight excluding hydrogens is 967 g/mol. The molecule has 0 aliphatic carbocycles. The molecule has 1 aliphatic heterocycles. The first kappa shape index (κ1) is 63.5. The minimum Gasteiger partial charge on any atom is -0.477 e. The molecule has 0 bridgehead atoms. The van der Waals surface area contributed by atoms with E-state index in [0.29, 0.717) is 37.9 Å². The Morgan fingerprint density at radius 1 is 1.08 bits per heavy atom. The highest BCUT2D eigenvalue weighted by Crippen LogP contribution is 2.40. The molecule has 2 aromatic rings. The second kappa shape index (κ2) is 27.8. The number of ether oxygens (including phenoxy) is 4. The van der Waals surface area contributed by atoms with Gasteiger partial charge in [-0.2, -0.15) is 8.42 Å². The molecule has 3 rings (SSSR count). The number of aromatic carboxylic acids is 1. The maximum absolute atomic E-state index is 14.1. The number of benzene rings is 1. The molecule has 0 saturated carbocycles. The van der Waals surface area contributed by atoms with Gasteiger partial charge >= 0.3 is 11.9 Å². The Labute approximate surface area is 433 Å². The molecule has 5 N–H and O–H groups in total. The smallest absolute Gasteiger partial charge is 0.341 e. The van der Waals surface area contributed by atoms with Crippen LogP contribution in [0.15, 0.2) is 34.3 Å². The topological polar surface area (TPSA) is 257 Å². The van der Waals surface area contributed by atoms with Crippen LogP contribution in [-0.2, 0) is 49.3 Å². The zero-order chi connectivity index (χ0) is 55.2. The van der Waals surface area contributed by atoms with Gasteiger partial charge in [-0.25, -0.2) is 4.79 Å². The summed E-state index contributed by atoms with van der Waals surface area (Å²) in [6.45, 7) is 24.8. The van der Waals surface area contributed by atoms with E-state index in [0.717, 1.165) is 25.2 Å². The summed E-state index contributed by atoms with van der Waals surface area (Å²) in [5, 5.41) is 52.5. The van der Waals surface area contributed by atoms with E-state index in [9.17, 15) is 43.2 Å². The van der Waals surface area contributed by atoms with Crippen molar-refractivity contribution in [3.8, 4) is 0 Å². The first-order valence-electron chi connectivity index (χ1n) is 25.7. The summed E-state index contributed by atoms with van der Waals surface area (Å²) in [6.07, 6.45) is -2.61. The molecule has 73 heavy (non-hydrogen) atoms. The number of aliphatic hydroxyl groups is 3. The average molecular weight is 1060 g/mol. The molecule has 418 valence electrons. The number of likely N-dealkylation sites (N-methyl/N-ethyl adjacent to an activating group) is 1. The minimum absolute atomic E-state index is 0.0256. The predicted molar refractivity (Wildman–Crippen MR) is 281 cm³/mol. The van der Waals surface area contributed by atoms with Crippen LogP contribution in [0.25, 0.3) is 10.9 Å². The van der Waals surface area contributed by atoms with Crippen molar-refractivity contribution < 1.29 is 66.4 Å². The highest BCUT2D eigenvalue weighted by atomic mass is 32.2. The number of aryl methyl sites for hydroxylation is 1. The van der Waals surface area contributed by atoms with E-state index < -0.39 is 98.9 Å². The van der Waals surface area contributed by atoms with Crippen LogP contribution in [-0.4, -0.2) is 177 Å². The number of aromatic nitrogens is 1. The van der Waals surface area contributed by atoms with Crippen LogP contribution in [0.3, 0.4) is 0 Å². The molecule has 1 saturated heterocycles. The van der Waals surface area contributed by atoms with Gasteiger partial charge in [-0.05, 0) is 109 Å². The summed E-state index contributed by atoms with van der Waals surface area (Å²) in [6, 6.07) is 5.34. The molecule has 0 spiro atoms. The number of esters is 1. The standard InChI is InChI=1S/C52H89N5O15S/c1-16-42(52(12,64)37(8)58)70-49(63)35(6)45(34(5)46(60)50(9,10)29-33(4)31-54-68-26-25-56(17-2)18-3)71-43-30-51(11,67-15)47(36(7)69-43)72-73(65,66)27-24-53-23-19-20-38-21-22-41-39(28-38)44(59)40(48(61)62)32-57(41)55(13)14/h21-22,28,31-37,42-43,45-47,53,58,60,64H,16-20,23-27,29-30H2,1-15H3,(H,61,62)/b54-31-/t33-,34+,35?,36?,37-,42-,43+,45+,46-,47+,51-,52+/m1/s1. The van der Waals surface area contributed by atoms with Crippen LogP contribution in [0.1, 0.15) is 125 Å². The number of nitrogens with zero attached hydrogens (tertiary/aromatic N) is 4. The third-order valence-corrected chi connectivity index (χ3v) is 15.7. The quantitative estimate of drug-likeness (QED) is 0.0222. The van der Waals surface area contributed by atoms with E-state index in [1.165, 1.54) is 27.2 Å². The van der Waals surface area contributed by atoms with Gasteiger partial charge in [-0.15, -0.1) is 0 Å². The number of pyridine rings is 1. The van der Waals surface area contributed by atoms with Crippen molar-refractivity contribution in [3.05, 3.63) is 45.7 Å². The Hall–Kier alpha value is -3.77. The number of carboxylic acid groups (broad SMARTS) is 1. The summed E-state index contributed by atoms with van der Waals surface area (Å²) in [5.74, 6) is -4.26. The molecule has 0 amide bonds. The molecule has 2 heterocycles. The van der Waals surface area contributed by atoms with E-state index in [1.807, 2.05) is 26.8 Å². The van der Waals surface area contributed by atoms with Crippen molar-refractivity contribution in [2.75, 3.05) is 71.3 Å². The number of carbonyl (C=O) groups is 2. The summed E-state index contributed by atoms with van der Waals surface area (Å²) in [4.78, 5) is 46.6. The molecule has 1 aromatic carbocycles. The molecule has 21 heteroatoms. The molecule has 0 radical (unpaired) electrons. The zero-order valence-corrected chi connectivity index (χ0v) is 46.9. The summed E-state index contributed by atoms with van der Waals surface area (Å²) < 4.78 is 59.3. The van der Waals surface area contributed by atoms with Gasteiger partial charge in [0.05, 0.1) is 47.2 Å². The van der Waals surface area contributed by atoms with Gasteiger partial charge in [-0.3, -0.25) is 18.4 Å². The first-order valence-corrected chi connectivity index (χ1v) is 27.3. The van der Waals surface area contributed by atoms with Crippen LogP contribution >= 0.6 is 0 Å². The van der Waals surface area contributed by atoms with E-state index in [1.54, 1.807) is 76.7 Å². The van der Waals surface area contributed by atoms with Crippen LogP contribution in [0.5, 0.6) is 0 Å². The monoisotopic (exact) mass is 1060 g/mol. The normalized spacial score (nSPS) is 22.6. The van der Waals surface area contributed by atoms with Gasteiger partial charge in [0.1, 0.15) is 30.0 Å². The maximum Gasteiger partial charge on any atom is 0.341 e. The highest BCUT2D eigenvalue weighted by molar-refractivity contribution is 7.86. The number of rotatable bonds is 32. The minimum atomic E-state index is -4.15. The summed E-state index contributed by atoms with van der Waals surface area (Å²) in [5.41, 5.74) is -3.28. The molecule has 12 atom stereocenters. The van der Waals surface area contributed by atoms with Gasteiger partial charge in [-0.1, -0.05) is 59.7 Å². The van der Waals surface area contributed by atoms with Gasteiger partial charge in [0, 0.05) is 64.4 Å². The Morgan fingerprint density at radius 2 is 1.74 bits per heavy atom. The maximum atomic E-state index is 14.1. The number of aliphatic hydroxyl groups excluding tert-OH is 2. The number of oxime groups is 1. The highest BCUT2D eigenvalue weighted by Gasteiger charge is 2.51. The summed E-state index contributed by atoms with van der Waals surface area (Å²) >= 11 is 0. The summed E-state index contributed by atoms with van der Waals surface area (Å²) in [7, 11) is 0.769. The number of carboxylic acids is 1. The fourth-order valence-electron chi connectivity index (χ4n) is 9.65. The lowest BCUT2D eigenvalue weighted by Gasteiger charge is -2.47. The average Bonchev–Trinajstić information content (AvgIpc) is 3.32. The largest absolute Gasteiger partial charge is 0.477 e. The van der Waals surface area contributed by atoms with Gasteiger partial charge < -0.3 is 59.4 Å². The molecule has 20 nitrogen and oxygen atoms in total. The van der Waals surface area contributed by atoms with Gasteiger partial charge in [0.25, 0.3) is 10.1 Å². The number of hydrogen-bond donors (Lipinski definition) is 5. The predicted octanol–water partition coefficient (Wildman–Crippen LogP) is 4.54. The van der Waals surface area contributed by atoms with Crippen LogP contribution in [0.4, 0.5) is 0 Å².